The van der Waals surface area contributed by atoms with Gasteiger partial charge in [0, 0.05) is 20.2 Å². The summed E-state index contributed by atoms with van der Waals surface area (Å²) >= 11 is 0. The molecule has 3 N–H and O–H groups in total. The summed E-state index contributed by atoms with van der Waals surface area (Å²) in [6.45, 7) is 4.11. The lowest BCUT2D eigenvalue weighted by molar-refractivity contribution is -0.123. The van der Waals surface area contributed by atoms with Crippen molar-refractivity contribution in [1.29, 1.82) is 0 Å². The molecule has 1 amide bonds. The Morgan fingerprint density at radius 2 is 1.96 bits per heavy atom. The number of hydrogen-bond acceptors (Lipinski definition) is 4. The van der Waals surface area contributed by atoms with Crippen LogP contribution in [0.2, 0.25) is 0 Å². The smallest absolute Gasteiger partial charge is 0.239 e. The molecule has 1 aliphatic heterocycles. The zero-order chi connectivity index (χ0) is 15.1. The molecule has 1 unspecified atom stereocenters. The molecule has 1 fully saturated rings. The first-order valence-electron chi connectivity index (χ1n) is 7.51. The summed E-state index contributed by atoms with van der Waals surface area (Å²) in [5.41, 5.74) is 8.08. The first kappa shape index (κ1) is 22.1. The van der Waals surface area contributed by atoms with Crippen LogP contribution in [-0.2, 0) is 22.6 Å². The van der Waals surface area contributed by atoms with Crippen LogP contribution in [0.25, 0.3) is 0 Å². The van der Waals surface area contributed by atoms with Gasteiger partial charge in [-0.05, 0) is 37.1 Å². The molecule has 1 aromatic rings. The Kier molecular flexibility index (Phi) is 11.2. The second-order valence-corrected chi connectivity index (χ2v) is 5.58. The van der Waals surface area contributed by atoms with Crippen molar-refractivity contribution in [3.8, 4) is 0 Å². The van der Waals surface area contributed by atoms with Crippen molar-refractivity contribution in [3.05, 3.63) is 35.4 Å². The normalized spacial score (nSPS) is 15.4. The molecule has 0 spiro atoms. The fourth-order valence-corrected chi connectivity index (χ4v) is 2.61. The highest BCUT2D eigenvalue weighted by Gasteiger charge is 2.13. The molecule has 1 atom stereocenters. The molecule has 0 radical (unpaired) electrons. The molecule has 7 heteroatoms. The molecule has 0 bridgehead atoms. The molecule has 2 rings (SSSR count). The molecule has 23 heavy (non-hydrogen) atoms. The second kappa shape index (κ2) is 11.6. The van der Waals surface area contributed by atoms with Crippen LogP contribution < -0.4 is 11.1 Å². The summed E-state index contributed by atoms with van der Waals surface area (Å²) in [6, 6.07) is 7.75. The van der Waals surface area contributed by atoms with Crippen molar-refractivity contribution in [2.45, 2.75) is 32.0 Å². The molecule has 0 saturated carbocycles. The predicted octanol–water partition coefficient (Wildman–Crippen LogP) is 1.72. The Morgan fingerprint density at radius 3 is 2.61 bits per heavy atom. The monoisotopic (exact) mass is 363 g/mol. The van der Waals surface area contributed by atoms with E-state index in [1.807, 2.05) is 12.1 Å². The van der Waals surface area contributed by atoms with Gasteiger partial charge < -0.3 is 15.8 Å². The number of methoxy groups -OCH3 is 1. The molecule has 0 aliphatic carbocycles. The van der Waals surface area contributed by atoms with Crippen molar-refractivity contribution in [2.75, 3.05) is 26.8 Å². The van der Waals surface area contributed by atoms with Crippen LogP contribution in [0.15, 0.2) is 24.3 Å². The summed E-state index contributed by atoms with van der Waals surface area (Å²) in [5, 5.41) is 2.85. The van der Waals surface area contributed by atoms with Gasteiger partial charge in [-0.25, -0.2) is 0 Å². The number of carbonyl (C=O) groups is 1. The Balaban J connectivity index is 0.00000242. The van der Waals surface area contributed by atoms with Gasteiger partial charge in [0.15, 0.2) is 0 Å². The van der Waals surface area contributed by atoms with Crippen LogP contribution >= 0.6 is 24.8 Å². The molecular formula is C16H27Cl2N3O2. The Hall–Kier alpha value is -0.850. The molecular weight excluding hydrogens is 337 g/mol. The maximum Gasteiger partial charge on any atom is 0.239 e. The van der Waals surface area contributed by atoms with Gasteiger partial charge in [0.05, 0.1) is 6.61 Å². The number of nitrogens with one attached hydrogen (secondary N) is 1. The summed E-state index contributed by atoms with van der Waals surface area (Å²) in [5.74, 6) is -0.179. The number of nitrogens with two attached hydrogens (primary N) is 1. The zero-order valence-electron chi connectivity index (χ0n) is 13.5. The van der Waals surface area contributed by atoms with Gasteiger partial charge in [-0.1, -0.05) is 24.3 Å². The fraction of sp³-hybridized carbons (Fsp3) is 0.562. The first-order valence-corrected chi connectivity index (χ1v) is 7.51. The molecule has 1 heterocycles. The van der Waals surface area contributed by atoms with Crippen LogP contribution in [-0.4, -0.2) is 43.7 Å². The number of halogens is 2. The van der Waals surface area contributed by atoms with E-state index in [4.69, 9.17) is 10.5 Å². The number of amides is 1. The number of rotatable bonds is 7. The average molecular weight is 364 g/mol. The maximum absolute atomic E-state index is 11.7. The third-order valence-electron chi connectivity index (χ3n) is 3.75. The maximum atomic E-state index is 11.7. The highest BCUT2D eigenvalue weighted by atomic mass is 35.5. The van der Waals surface area contributed by atoms with E-state index in [1.54, 1.807) is 0 Å². The van der Waals surface area contributed by atoms with Gasteiger partial charge in [0.1, 0.15) is 6.04 Å². The highest BCUT2D eigenvalue weighted by Crippen LogP contribution is 2.13. The first-order chi connectivity index (χ1) is 10.2. The number of benzene rings is 1. The van der Waals surface area contributed by atoms with Crippen LogP contribution in [0.3, 0.4) is 0 Å². The van der Waals surface area contributed by atoms with E-state index in [0.717, 1.165) is 12.1 Å². The van der Waals surface area contributed by atoms with Crippen LogP contribution in [0.1, 0.15) is 24.0 Å². The average Bonchev–Trinajstić information content (AvgIpc) is 2.98. The number of ether oxygens (including phenoxy) is 1. The third kappa shape index (κ3) is 7.50. The topological polar surface area (TPSA) is 67.6 Å². The minimum absolute atomic E-state index is 0. The number of nitrogens with zero attached hydrogens (tertiary/aromatic N) is 1. The van der Waals surface area contributed by atoms with Crippen molar-refractivity contribution in [3.63, 3.8) is 0 Å². The van der Waals surface area contributed by atoms with E-state index in [1.165, 1.54) is 38.6 Å². The zero-order valence-corrected chi connectivity index (χ0v) is 15.1. The standard InChI is InChI=1S/C16H25N3O2.2ClH/c1-21-12-15(17)16(20)18-10-13-5-4-6-14(9-13)11-19-7-2-3-8-19;;/h4-6,9,15H,2-3,7-8,10-12,17H2,1H3,(H,18,20);2*1H. The van der Waals surface area contributed by atoms with Crippen LogP contribution in [0.5, 0.6) is 0 Å². The summed E-state index contributed by atoms with van der Waals surface area (Å²) in [7, 11) is 1.54. The van der Waals surface area contributed by atoms with Gasteiger partial charge >= 0.3 is 0 Å². The van der Waals surface area contributed by atoms with Gasteiger partial charge in [0.25, 0.3) is 0 Å². The van der Waals surface area contributed by atoms with Gasteiger partial charge in [0.2, 0.25) is 5.91 Å². The van der Waals surface area contributed by atoms with E-state index in [9.17, 15) is 4.79 Å². The lowest BCUT2D eigenvalue weighted by Crippen LogP contribution is -2.43. The van der Waals surface area contributed by atoms with E-state index in [-0.39, 0.29) is 37.3 Å². The van der Waals surface area contributed by atoms with Crippen molar-refractivity contribution in [2.24, 2.45) is 5.73 Å². The minimum atomic E-state index is -0.609. The van der Waals surface area contributed by atoms with Gasteiger partial charge in [-0.3, -0.25) is 9.69 Å². The fourth-order valence-electron chi connectivity index (χ4n) is 2.61. The van der Waals surface area contributed by atoms with E-state index in [0.29, 0.717) is 6.54 Å². The minimum Gasteiger partial charge on any atom is -0.383 e. The highest BCUT2D eigenvalue weighted by molar-refractivity contribution is 5.85. The lowest BCUT2D eigenvalue weighted by atomic mass is 10.1. The van der Waals surface area contributed by atoms with Crippen molar-refractivity contribution in [1.82, 2.24) is 10.2 Å². The molecule has 1 aromatic carbocycles. The molecule has 132 valence electrons. The van der Waals surface area contributed by atoms with Crippen molar-refractivity contribution >= 4 is 30.7 Å². The molecule has 0 aromatic heterocycles. The predicted molar refractivity (Wildman–Crippen MR) is 97.1 cm³/mol. The van der Waals surface area contributed by atoms with E-state index < -0.39 is 6.04 Å². The molecule has 1 aliphatic rings. The Labute approximate surface area is 150 Å². The van der Waals surface area contributed by atoms with Gasteiger partial charge in [-0.15, -0.1) is 24.8 Å². The van der Waals surface area contributed by atoms with Crippen molar-refractivity contribution < 1.29 is 9.53 Å². The van der Waals surface area contributed by atoms with E-state index >= 15 is 0 Å². The Bertz CT molecular complexity index is 468. The molecule has 1 saturated heterocycles. The number of carbonyl (C=O) groups excluding carboxylic acids is 1. The quantitative estimate of drug-likeness (QED) is 0.773. The summed E-state index contributed by atoms with van der Waals surface area (Å²) in [6.07, 6.45) is 2.60. The van der Waals surface area contributed by atoms with E-state index in [2.05, 4.69) is 22.3 Å². The third-order valence-corrected chi connectivity index (χ3v) is 3.75. The molecule has 5 nitrogen and oxygen atoms in total. The summed E-state index contributed by atoms with van der Waals surface area (Å²) in [4.78, 5) is 14.2. The van der Waals surface area contributed by atoms with Crippen LogP contribution in [0.4, 0.5) is 0 Å². The number of hydrogen-bond donors (Lipinski definition) is 2. The summed E-state index contributed by atoms with van der Waals surface area (Å²) < 4.78 is 4.88. The SMILES string of the molecule is COCC(N)C(=O)NCc1cccc(CN2CCCC2)c1.Cl.Cl. The lowest BCUT2D eigenvalue weighted by Gasteiger charge is -2.15. The Morgan fingerprint density at radius 1 is 1.30 bits per heavy atom. The number of likely N-dealkylation sites (tertiary alicyclic amines) is 1. The largest absolute Gasteiger partial charge is 0.383 e. The second-order valence-electron chi connectivity index (χ2n) is 5.58. The van der Waals surface area contributed by atoms with Crippen LogP contribution in [0, 0.1) is 0 Å². The van der Waals surface area contributed by atoms with Gasteiger partial charge in [-0.2, -0.15) is 0 Å².